The fraction of sp³-hybridized carbons (Fsp3) is 0.533. The minimum absolute atomic E-state index is 0.535. The van der Waals surface area contributed by atoms with Crippen molar-refractivity contribution in [1.82, 2.24) is 5.32 Å². The second-order valence-electron chi connectivity index (χ2n) is 5.24. The molecule has 2 rings (SSSR count). The largest absolute Gasteiger partial charge is 0.497 e. The van der Waals surface area contributed by atoms with Gasteiger partial charge in [-0.2, -0.15) is 0 Å². The molecule has 0 radical (unpaired) electrons. The summed E-state index contributed by atoms with van der Waals surface area (Å²) in [5.74, 6) is 2.19. The van der Waals surface area contributed by atoms with Gasteiger partial charge in [0.15, 0.2) is 5.96 Å². The molecule has 4 nitrogen and oxygen atoms in total. The molecule has 1 aliphatic rings. The average molecular weight is 261 g/mol. The molecular formula is C15H23N3O. The Balaban J connectivity index is 1.86. The van der Waals surface area contributed by atoms with E-state index in [1.165, 1.54) is 24.8 Å². The summed E-state index contributed by atoms with van der Waals surface area (Å²) >= 11 is 0. The highest BCUT2D eigenvalue weighted by Crippen LogP contribution is 2.25. The lowest BCUT2D eigenvalue weighted by Gasteiger charge is -2.25. The van der Waals surface area contributed by atoms with Crippen molar-refractivity contribution in [2.75, 3.05) is 13.7 Å². The molecule has 0 aromatic heterocycles. The standard InChI is InChI=1S/C15H23N3O/c1-11-6-13(8-14(7-11)19-2)10-18-15(16)17-9-12-4-3-5-12/h6-8,12H,3-5,9-10H2,1-2H3,(H3,16,17,18). The Hall–Kier alpha value is -1.71. The Morgan fingerprint density at radius 1 is 1.42 bits per heavy atom. The van der Waals surface area contributed by atoms with Crippen LogP contribution in [0.2, 0.25) is 0 Å². The number of nitrogens with one attached hydrogen (secondary N) is 1. The summed E-state index contributed by atoms with van der Waals surface area (Å²) in [5, 5.41) is 3.19. The molecule has 1 fully saturated rings. The van der Waals surface area contributed by atoms with Gasteiger partial charge in [-0.05, 0) is 48.9 Å². The topological polar surface area (TPSA) is 59.6 Å². The molecule has 19 heavy (non-hydrogen) atoms. The lowest BCUT2D eigenvalue weighted by atomic mass is 9.85. The molecule has 0 unspecified atom stereocenters. The molecule has 1 saturated carbocycles. The fourth-order valence-electron chi connectivity index (χ4n) is 2.21. The van der Waals surface area contributed by atoms with Crippen LogP contribution in [0.25, 0.3) is 0 Å². The molecule has 1 aromatic rings. The normalized spacial score (nSPS) is 16.0. The molecular weight excluding hydrogens is 238 g/mol. The van der Waals surface area contributed by atoms with E-state index in [1.54, 1.807) is 7.11 Å². The zero-order chi connectivity index (χ0) is 13.7. The van der Waals surface area contributed by atoms with Crippen LogP contribution >= 0.6 is 0 Å². The number of hydrogen-bond acceptors (Lipinski definition) is 2. The van der Waals surface area contributed by atoms with Crippen LogP contribution in [0, 0.1) is 12.8 Å². The number of ether oxygens (including phenoxy) is 1. The number of aliphatic imine (C=N–C) groups is 1. The van der Waals surface area contributed by atoms with Gasteiger partial charge in [0.1, 0.15) is 5.75 Å². The van der Waals surface area contributed by atoms with Crippen LogP contribution in [0.5, 0.6) is 5.75 Å². The van der Waals surface area contributed by atoms with Crippen molar-refractivity contribution in [2.24, 2.45) is 16.6 Å². The van der Waals surface area contributed by atoms with Gasteiger partial charge in [-0.3, -0.25) is 0 Å². The van der Waals surface area contributed by atoms with Crippen molar-refractivity contribution >= 4 is 5.96 Å². The van der Waals surface area contributed by atoms with Crippen molar-refractivity contribution in [2.45, 2.75) is 32.7 Å². The lowest BCUT2D eigenvalue weighted by Crippen LogP contribution is -2.37. The molecule has 0 bridgehead atoms. The molecule has 104 valence electrons. The number of benzene rings is 1. The highest BCUT2D eigenvalue weighted by atomic mass is 16.5. The van der Waals surface area contributed by atoms with Crippen LogP contribution in [0.4, 0.5) is 0 Å². The molecule has 1 aliphatic carbocycles. The zero-order valence-corrected chi connectivity index (χ0v) is 11.8. The maximum absolute atomic E-state index is 5.86. The van der Waals surface area contributed by atoms with Gasteiger partial charge in [-0.1, -0.05) is 12.5 Å². The predicted molar refractivity (Wildman–Crippen MR) is 78.4 cm³/mol. The third-order valence-corrected chi connectivity index (χ3v) is 3.57. The fourth-order valence-corrected chi connectivity index (χ4v) is 2.21. The van der Waals surface area contributed by atoms with E-state index >= 15 is 0 Å². The van der Waals surface area contributed by atoms with Gasteiger partial charge >= 0.3 is 0 Å². The van der Waals surface area contributed by atoms with Crippen LogP contribution in [-0.2, 0) is 6.54 Å². The number of aryl methyl sites for hydroxylation is 1. The summed E-state index contributed by atoms with van der Waals surface area (Å²) in [6.07, 6.45) is 3.98. The third-order valence-electron chi connectivity index (χ3n) is 3.57. The average Bonchev–Trinajstić information content (AvgIpc) is 2.34. The first-order valence-corrected chi connectivity index (χ1v) is 6.85. The van der Waals surface area contributed by atoms with E-state index in [-0.39, 0.29) is 0 Å². The summed E-state index contributed by atoms with van der Waals surface area (Å²) in [6.45, 7) is 3.59. The van der Waals surface area contributed by atoms with E-state index in [0.29, 0.717) is 12.5 Å². The monoisotopic (exact) mass is 261 g/mol. The minimum atomic E-state index is 0.535. The smallest absolute Gasteiger partial charge is 0.188 e. The van der Waals surface area contributed by atoms with Crippen LogP contribution in [-0.4, -0.2) is 19.6 Å². The van der Waals surface area contributed by atoms with Crippen molar-refractivity contribution in [3.8, 4) is 5.75 Å². The van der Waals surface area contributed by atoms with Gasteiger partial charge in [0.2, 0.25) is 0 Å². The Bertz CT molecular complexity index is 453. The van der Waals surface area contributed by atoms with Gasteiger partial charge in [0.25, 0.3) is 0 Å². The molecule has 0 heterocycles. The van der Waals surface area contributed by atoms with Crippen LogP contribution in [0.3, 0.4) is 0 Å². The molecule has 0 aliphatic heterocycles. The number of guanidine groups is 1. The van der Waals surface area contributed by atoms with Crippen LogP contribution < -0.4 is 15.8 Å². The van der Waals surface area contributed by atoms with Crippen LogP contribution in [0.1, 0.15) is 30.4 Å². The quantitative estimate of drug-likeness (QED) is 0.631. The first-order chi connectivity index (χ1) is 9.17. The SMILES string of the molecule is COc1cc(C)cc(CN=C(N)NCC2CCC2)c1. The highest BCUT2D eigenvalue weighted by molar-refractivity contribution is 5.77. The zero-order valence-electron chi connectivity index (χ0n) is 11.8. The summed E-state index contributed by atoms with van der Waals surface area (Å²) in [5.41, 5.74) is 8.15. The Morgan fingerprint density at radius 2 is 2.21 bits per heavy atom. The first-order valence-electron chi connectivity index (χ1n) is 6.85. The summed E-state index contributed by atoms with van der Waals surface area (Å²) in [7, 11) is 1.68. The Labute approximate surface area is 115 Å². The third kappa shape index (κ3) is 4.16. The molecule has 0 spiro atoms. The number of nitrogens with two attached hydrogens (primary N) is 1. The second kappa shape index (κ2) is 6.45. The minimum Gasteiger partial charge on any atom is -0.497 e. The van der Waals surface area contributed by atoms with E-state index < -0.39 is 0 Å². The molecule has 4 heteroatoms. The van der Waals surface area contributed by atoms with Gasteiger partial charge in [0.05, 0.1) is 13.7 Å². The molecule has 0 atom stereocenters. The number of methoxy groups -OCH3 is 1. The van der Waals surface area contributed by atoms with E-state index in [4.69, 9.17) is 10.5 Å². The van der Waals surface area contributed by atoms with Gasteiger partial charge in [-0.15, -0.1) is 0 Å². The molecule has 0 amide bonds. The lowest BCUT2D eigenvalue weighted by molar-refractivity contribution is 0.315. The van der Waals surface area contributed by atoms with E-state index in [9.17, 15) is 0 Å². The van der Waals surface area contributed by atoms with Crippen molar-refractivity contribution in [3.63, 3.8) is 0 Å². The number of nitrogens with zero attached hydrogens (tertiary/aromatic N) is 1. The van der Waals surface area contributed by atoms with Crippen LogP contribution in [0.15, 0.2) is 23.2 Å². The molecule has 0 saturated heterocycles. The Morgan fingerprint density at radius 3 is 2.84 bits per heavy atom. The first kappa shape index (κ1) is 13.7. The van der Waals surface area contributed by atoms with Gasteiger partial charge < -0.3 is 15.8 Å². The van der Waals surface area contributed by atoms with Crippen molar-refractivity contribution in [1.29, 1.82) is 0 Å². The highest BCUT2D eigenvalue weighted by Gasteiger charge is 2.16. The Kier molecular flexibility index (Phi) is 4.66. The second-order valence-corrected chi connectivity index (χ2v) is 5.24. The summed E-state index contributed by atoms with van der Waals surface area (Å²) in [4.78, 5) is 4.37. The summed E-state index contributed by atoms with van der Waals surface area (Å²) in [6, 6.07) is 6.10. The van der Waals surface area contributed by atoms with E-state index in [1.807, 2.05) is 19.1 Å². The number of hydrogen-bond donors (Lipinski definition) is 2. The van der Waals surface area contributed by atoms with E-state index in [0.717, 1.165) is 23.8 Å². The van der Waals surface area contributed by atoms with Gasteiger partial charge in [-0.25, -0.2) is 4.99 Å². The molecule has 3 N–H and O–H groups in total. The maximum Gasteiger partial charge on any atom is 0.188 e. The number of rotatable bonds is 5. The van der Waals surface area contributed by atoms with Crippen molar-refractivity contribution < 1.29 is 4.74 Å². The van der Waals surface area contributed by atoms with Gasteiger partial charge in [0, 0.05) is 6.54 Å². The summed E-state index contributed by atoms with van der Waals surface area (Å²) < 4.78 is 5.25. The maximum atomic E-state index is 5.86. The predicted octanol–water partition coefficient (Wildman–Crippen LogP) is 2.21. The molecule has 1 aromatic carbocycles. The van der Waals surface area contributed by atoms with Crippen molar-refractivity contribution in [3.05, 3.63) is 29.3 Å². The van der Waals surface area contributed by atoms with E-state index in [2.05, 4.69) is 16.4 Å².